The molecule has 1 aromatic carbocycles. The third kappa shape index (κ3) is 5.43. The van der Waals surface area contributed by atoms with E-state index in [1.807, 2.05) is 45.0 Å². The molecule has 3 atom stereocenters. The van der Waals surface area contributed by atoms with Crippen LogP contribution in [0.3, 0.4) is 0 Å². The summed E-state index contributed by atoms with van der Waals surface area (Å²) in [6, 6.07) is 6.88. The Morgan fingerprint density at radius 3 is 2.07 bits per heavy atom. The molecular weight excluding hydrogens is 390 g/mol. The number of anilines is 1. The normalized spacial score (nSPS) is 21.8. The molecule has 0 unspecified atom stereocenters. The maximum atomic E-state index is 12.9. The van der Waals surface area contributed by atoms with Crippen molar-refractivity contribution < 1.29 is 33.2 Å². The number of hydrogen-bond donors (Lipinski definition) is 1. The minimum atomic E-state index is -1.14. The van der Waals surface area contributed by atoms with Gasteiger partial charge < -0.3 is 33.7 Å². The van der Waals surface area contributed by atoms with Gasteiger partial charge in [0, 0.05) is 19.9 Å². The summed E-state index contributed by atoms with van der Waals surface area (Å²) < 4.78 is 33.9. The first kappa shape index (κ1) is 24.4. The molecule has 30 heavy (non-hydrogen) atoms. The minimum Gasteiger partial charge on any atom is -0.497 e. The number of ether oxygens (including phenoxy) is 6. The Balaban J connectivity index is 2.39. The molecule has 0 spiro atoms. The molecular formula is C22H35NO7. The molecule has 1 aliphatic rings. The first-order valence-corrected chi connectivity index (χ1v) is 10.1. The second-order valence-corrected chi connectivity index (χ2v) is 7.99. The van der Waals surface area contributed by atoms with Gasteiger partial charge in [0.15, 0.2) is 5.79 Å². The van der Waals surface area contributed by atoms with Gasteiger partial charge in [-0.2, -0.15) is 0 Å². The maximum absolute atomic E-state index is 12.9. The van der Waals surface area contributed by atoms with Crippen LogP contribution in [0, 0.1) is 5.41 Å². The fraction of sp³-hybridized carbons (Fsp3) is 0.682. The van der Waals surface area contributed by atoms with Crippen LogP contribution < -0.4 is 10.1 Å². The number of benzene rings is 1. The monoisotopic (exact) mass is 425 g/mol. The lowest BCUT2D eigenvalue weighted by Crippen LogP contribution is -2.57. The molecule has 1 saturated heterocycles. The van der Waals surface area contributed by atoms with Crippen LogP contribution in [0.25, 0.3) is 0 Å². The Hall–Kier alpha value is -1.87. The zero-order valence-electron chi connectivity index (χ0n) is 19.0. The third-order valence-electron chi connectivity index (χ3n) is 5.30. The maximum Gasteiger partial charge on any atom is 0.313 e. The van der Waals surface area contributed by atoms with Crippen molar-refractivity contribution in [3.63, 3.8) is 0 Å². The van der Waals surface area contributed by atoms with Gasteiger partial charge in [-0.25, -0.2) is 0 Å². The molecule has 0 saturated carbocycles. The van der Waals surface area contributed by atoms with Crippen LogP contribution in [0.5, 0.6) is 5.75 Å². The summed E-state index contributed by atoms with van der Waals surface area (Å²) in [4.78, 5) is 12.9. The fourth-order valence-corrected chi connectivity index (χ4v) is 3.78. The predicted octanol–water partition coefficient (Wildman–Crippen LogP) is 2.86. The van der Waals surface area contributed by atoms with Gasteiger partial charge in [0.1, 0.15) is 18.0 Å². The van der Waals surface area contributed by atoms with Gasteiger partial charge in [0.2, 0.25) is 0 Å². The van der Waals surface area contributed by atoms with E-state index in [4.69, 9.17) is 28.4 Å². The summed E-state index contributed by atoms with van der Waals surface area (Å²) in [6.45, 7) is 8.23. The van der Waals surface area contributed by atoms with E-state index in [1.54, 1.807) is 28.3 Å². The molecule has 170 valence electrons. The van der Waals surface area contributed by atoms with Crippen molar-refractivity contribution in [3.8, 4) is 5.75 Å². The molecule has 0 radical (unpaired) electrons. The third-order valence-corrected chi connectivity index (χ3v) is 5.30. The molecule has 1 fully saturated rings. The largest absolute Gasteiger partial charge is 0.497 e. The van der Waals surface area contributed by atoms with Gasteiger partial charge in [-0.15, -0.1) is 0 Å². The zero-order chi connectivity index (χ0) is 22.4. The van der Waals surface area contributed by atoms with E-state index < -0.39 is 17.2 Å². The van der Waals surface area contributed by atoms with Crippen LogP contribution in [-0.4, -0.2) is 71.2 Å². The summed E-state index contributed by atoms with van der Waals surface area (Å²) in [5, 5.41) is 3.43. The summed E-state index contributed by atoms with van der Waals surface area (Å²) in [5.74, 6) is -0.743. The second kappa shape index (κ2) is 10.4. The molecule has 1 heterocycles. The fourth-order valence-electron chi connectivity index (χ4n) is 3.78. The molecule has 8 nitrogen and oxygen atoms in total. The van der Waals surface area contributed by atoms with Crippen LogP contribution in [-0.2, 0) is 28.5 Å². The lowest BCUT2D eigenvalue weighted by Gasteiger charge is -2.42. The van der Waals surface area contributed by atoms with E-state index >= 15 is 0 Å². The van der Waals surface area contributed by atoms with Crippen molar-refractivity contribution in [2.45, 2.75) is 51.7 Å². The quantitative estimate of drug-likeness (QED) is 0.542. The van der Waals surface area contributed by atoms with E-state index in [1.165, 1.54) is 0 Å². The molecule has 8 heteroatoms. The summed E-state index contributed by atoms with van der Waals surface area (Å²) in [6.07, 6.45) is -0.670. The lowest BCUT2D eigenvalue weighted by atomic mass is 9.79. The topological polar surface area (TPSA) is 84.5 Å². The average molecular weight is 426 g/mol. The molecule has 1 aromatic rings. The first-order valence-electron chi connectivity index (χ1n) is 10.1. The van der Waals surface area contributed by atoms with Crippen molar-refractivity contribution in [1.29, 1.82) is 0 Å². The SMILES string of the molecule is CCOC(=O)C(C)(C)[C@@H](Nc1ccc(OC)cc1)C1(C)O[C@@H](COC)[C@H](COC)O1. The number of hydrogen-bond acceptors (Lipinski definition) is 8. The van der Waals surface area contributed by atoms with Gasteiger partial charge in [0.05, 0.1) is 38.4 Å². The van der Waals surface area contributed by atoms with E-state index in [2.05, 4.69) is 5.32 Å². The van der Waals surface area contributed by atoms with Gasteiger partial charge in [-0.05, 0) is 52.0 Å². The summed E-state index contributed by atoms with van der Waals surface area (Å²) in [5.41, 5.74) is -0.172. The second-order valence-electron chi connectivity index (χ2n) is 7.99. The molecule has 0 bridgehead atoms. The van der Waals surface area contributed by atoms with E-state index in [0.29, 0.717) is 13.2 Å². The summed E-state index contributed by atoms with van der Waals surface area (Å²) in [7, 11) is 4.83. The number of nitrogens with one attached hydrogen (secondary N) is 1. The Morgan fingerprint density at radius 1 is 1.10 bits per heavy atom. The highest BCUT2D eigenvalue weighted by molar-refractivity contribution is 5.78. The van der Waals surface area contributed by atoms with Crippen molar-refractivity contribution in [3.05, 3.63) is 24.3 Å². The molecule has 2 rings (SSSR count). The van der Waals surface area contributed by atoms with E-state index in [9.17, 15) is 4.79 Å². The Kier molecular flexibility index (Phi) is 8.49. The molecule has 1 N–H and O–H groups in total. The van der Waals surface area contributed by atoms with E-state index in [0.717, 1.165) is 11.4 Å². The molecule has 1 aliphatic heterocycles. The van der Waals surface area contributed by atoms with Crippen molar-refractivity contribution >= 4 is 11.7 Å². The van der Waals surface area contributed by atoms with Gasteiger partial charge in [0.25, 0.3) is 0 Å². The van der Waals surface area contributed by atoms with Crippen LogP contribution in [0.2, 0.25) is 0 Å². The number of esters is 1. The lowest BCUT2D eigenvalue weighted by molar-refractivity contribution is -0.202. The van der Waals surface area contributed by atoms with Crippen LogP contribution in [0.1, 0.15) is 27.7 Å². The van der Waals surface area contributed by atoms with Crippen molar-refractivity contribution in [2.75, 3.05) is 46.5 Å². The standard InChI is InChI=1S/C22H35NO7/c1-8-28-20(24)21(2,3)19(23-15-9-11-16(27-7)12-10-15)22(4)29-17(13-25-5)18(30-22)14-26-6/h9-12,17-19,23H,8,13-14H2,1-7H3/t17-,18-,19+/m0/s1. The van der Waals surface area contributed by atoms with Crippen molar-refractivity contribution in [2.24, 2.45) is 5.41 Å². The number of carbonyl (C=O) groups is 1. The zero-order valence-corrected chi connectivity index (χ0v) is 19.0. The Bertz CT molecular complexity index is 663. The van der Waals surface area contributed by atoms with Gasteiger partial charge in [-0.3, -0.25) is 4.79 Å². The number of methoxy groups -OCH3 is 3. The highest BCUT2D eigenvalue weighted by atomic mass is 16.8. The Labute approximate surface area is 179 Å². The van der Waals surface area contributed by atoms with Crippen LogP contribution >= 0.6 is 0 Å². The Morgan fingerprint density at radius 2 is 1.63 bits per heavy atom. The van der Waals surface area contributed by atoms with Crippen LogP contribution in [0.15, 0.2) is 24.3 Å². The van der Waals surface area contributed by atoms with E-state index in [-0.39, 0.29) is 24.8 Å². The van der Waals surface area contributed by atoms with Gasteiger partial charge >= 0.3 is 5.97 Å². The highest BCUT2D eigenvalue weighted by Crippen LogP contribution is 2.41. The highest BCUT2D eigenvalue weighted by Gasteiger charge is 2.56. The molecule has 0 aromatic heterocycles. The first-order chi connectivity index (χ1) is 14.2. The minimum absolute atomic E-state index is 0.286. The molecule has 0 aliphatic carbocycles. The van der Waals surface area contributed by atoms with Crippen molar-refractivity contribution in [1.82, 2.24) is 0 Å². The molecule has 0 amide bonds. The number of carbonyl (C=O) groups excluding carboxylic acids is 1. The van der Waals surface area contributed by atoms with Gasteiger partial charge in [-0.1, -0.05) is 0 Å². The number of rotatable bonds is 11. The predicted molar refractivity (Wildman–Crippen MR) is 113 cm³/mol. The smallest absolute Gasteiger partial charge is 0.313 e. The summed E-state index contributed by atoms with van der Waals surface area (Å²) >= 11 is 0. The average Bonchev–Trinajstić information content (AvgIpc) is 3.03. The van der Waals surface area contributed by atoms with Crippen LogP contribution in [0.4, 0.5) is 5.69 Å².